The Morgan fingerprint density at radius 1 is 1.38 bits per heavy atom. The van der Waals surface area contributed by atoms with Crippen LogP contribution in [0.2, 0.25) is 6.04 Å². The van der Waals surface area contributed by atoms with Gasteiger partial charge in [-0.1, -0.05) is 13.0 Å². The van der Waals surface area contributed by atoms with Gasteiger partial charge >= 0.3 is 0 Å². The summed E-state index contributed by atoms with van der Waals surface area (Å²) < 4.78 is 16.1. The minimum absolute atomic E-state index is 0.603. The van der Waals surface area contributed by atoms with Crippen molar-refractivity contribution in [3.63, 3.8) is 0 Å². The van der Waals surface area contributed by atoms with Crippen molar-refractivity contribution in [1.29, 1.82) is 0 Å². The highest BCUT2D eigenvalue weighted by Gasteiger charge is 2.28. The van der Waals surface area contributed by atoms with E-state index < -0.39 is 15.7 Å². The summed E-state index contributed by atoms with van der Waals surface area (Å²) in [5, 5.41) is 0. The van der Waals surface area contributed by atoms with Gasteiger partial charge < -0.3 is 13.9 Å². The molecule has 0 heterocycles. The van der Waals surface area contributed by atoms with Gasteiger partial charge in [-0.05, 0) is 12.5 Å². The first kappa shape index (κ1) is 12.8. The molecule has 0 aliphatic rings. The van der Waals surface area contributed by atoms with Crippen molar-refractivity contribution in [1.82, 2.24) is 0 Å². The zero-order valence-corrected chi connectivity index (χ0v) is 10.3. The minimum atomic E-state index is -0.802. The van der Waals surface area contributed by atoms with Crippen LogP contribution >= 0.6 is 0 Å². The fourth-order valence-electron chi connectivity index (χ4n) is 1.08. The second kappa shape index (κ2) is 7.26. The molecule has 0 unspecified atom stereocenters. The molecule has 0 spiro atoms. The van der Waals surface area contributed by atoms with Gasteiger partial charge in [0.25, 0.3) is 5.97 Å². The molecule has 0 saturated carbocycles. The molecular weight excluding hydrogens is 184 g/mol. The Morgan fingerprint density at radius 2 is 2.00 bits per heavy atom. The molecule has 0 aliphatic heterocycles. The summed E-state index contributed by atoms with van der Waals surface area (Å²) in [7, 11) is 2.62. The summed E-state index contributed by atoms with van der Waals surface area (Å²) >= 11 is 0. The molecule has 0 aromatic rings. The average Bonchev–Trinajstić information content (AvgIpc) is 2.17. The van der Waals surface area contributed by atoms with Crippen LogP contribution in [-0.2, 0) is 13.9 Å². The Hall–Kier alpha value is -0.163. The van der Waals surface area contributed by atoms with Gasteiger partial charge in [0.05, 0.1) is 0 Å². The van der Waals surface area contributed by atoms with E-state index in [0.717, 1.165) is 18.9 Å². The van der Waals surface area contributed by atoms with E-state index in [2.05, 4.69) is 13.5 Å². The van der Waals surface area contributed by atoms with E-state index in [1.54, 1.807) is 14.2 Å². The number of hydrogen-bond donors (Lipinski definition) is 0. The van der Waals surface area contributed by atoms with E-state index in [0.29, 0.717) is 0 Å². The highest BCUT2D eigenvalue weighted by Crippen LogP contribution is 2.19. The van der Waals surface area contributed by atoms with E-state index in [4.69, 9.17) is 13.9 Å². The van der Waals surface area contributed by atoms with Crippen LogP contribution in [0.3, 0.4) is 0 Å². The molecular formula is C9H20O3Si. The smallest absolute Gasteiger partial charge is 0.272 e. The fraction of sp³-hybridized carbons (Fsp3) is 0.778. The van der Waals surface area contributed by atoms with Gasteiger partial charge in [0, 0.05) is 20.6 Å². The number of rotatable bonds is 8. The molecule has 0 bridgehead atoms. The quantitative estimate of drug-likeness (QED) is 0.259. The minimum Gasteiger partial charge on any atom is -0.376 e. The fourth-order valence-corrected chi connectivity index (χ4v) is 2.06. The van der Waals surface area contributed by atoms with Crippen molar-refractivity contribution in [3.8, 4) is 0 Å². The Kier molecular flexibility index (Phi) is 7.17. The lowest BCUT2D eigenvalue weighted by Crippen LogP contribution is -2.38. The van der Waals surface area contributed by atoms with Crippen LogP contribution in [0.4, 0.5) is 0 Å². The Balaban J connectivity index is 3.96. The molecule has 0 aromatic carbocycles. The summed E-state index contributed by atoms with van der Waals surface area (Å²) in [5.74, 6) is -0.802. The summed E-state index contributed by atoms with van der Waals surface area (Å²) in [6.45, 7) is 5.73. The van der Waals surface area contributed by atoms with Crippen molar-refractivity contribution in [2.75, 3.05) is 14.2 Å². The van der Waals surface area contributed by atoms with Gasteiger partial charge in [0.2, 0.25) is 0 Å². The average molecular weight is 204 g/mol. The second-order valence-corrected chi connectivity index (χ2v) is 4.04. The Bertz CT molecular complexity index is 135. The molecule has 4 heteroatoms. The predicted octanol–water partition coefficient (Wildman–Crippen LogP) is 1.44. The van der Waals surface area contributed by atoms with Crippen LogP contribution in [-0.4, -0.2) is 30.0 Å². The zero-order chi connectivity index (χ0) is 10.2. The van der Waals surface area contributed by atoms with Gasteiger partial charge in [-0.2, -0.15) is 0 Å². The number of methoxy groups -OCH3 is 2. The maximum atomic E-state index is 5.63. The van der Waals surface area contributed by atoms with E-state index in [9.17, 15) is 0 Å². The lowest BCUT2D eigenvalue weighted by molar-refractivity contribution is -0.326. The first-order valence-electron chi connectivity index (χ1n) is 4.59. The van der Waals surface area contributed by atoms with E-state index in [1.165, 1.54) is 0 Å². The first-order chi connectivity index (χ1) is 6.24. The SMILES string of the molecule is C=CC[SiH2]OC(CCC)(OC)OC. The molecule has 3 nitrogen and oxygen atoms in total. The third-order valence-electron chi connectivity index (χ3n) is 1.82. The second-order valence-electron chi connectivity index (χ2n) is 2.77. The van der Waals surface area contributed by atoms with E-state index in [-0.39, 0.29) is 0 Å². The Labute approximate surface area is 83.0 Å². The van der Waals surface area contributed by atoms with Gasteiger partial charge in [-0.15, -0.1) is 6.58 Å². The number of hydrogen-bond acceptors (Lipinski definition) is 3. The number of allylic oxidation sites excluding steroid dienone is 1. The van der Waals surface area contributed by atoms with Crippen molar-refractivity contribution in [3.05, 3.63) is 12.7 Å². The lowest BCUT2D eigenvalue weighted by Gasteiger charge is -2.30. The third-order valence-corrected chi connectivity index (χ3v) is 3.11. The van der Waals surface area contributed by atoms with Crippen molar-refractivity contribution in [2.45, 2.75) is 31.8 Å². The summed E-state index contributed by atoms with van der Waals surface area (Å²) in [5.41, 5.74) is 0. The molecule has 0 N–H and O–H groups in total. The molecule has 0 atom stereocenters. The van der Waals surface area contributed by atoms with Crippen molar-refractivity contribution in [2.24, 2.45) is 0 Å². The summed E-state index contributed by atoms with van der Waals surface area (Å²) in [4.78, 5) is 0. The molecule has 0 radical (unpaired) electrons. The van der Waals surface area contributed by atoms with Crippen LogP contribution in [0.1, 0.15) is 19.8 Å². The predicted molar refractivity (Wildman–Crippen MR) is 56.3 cm³/mol. The van der Waals surface area contributed by atoms with Crippen molar-refractivity contribution >= 4 is 9.76 Å². The van der Waals surface area contributed by atoms with Crippen LogP contribution in [0, 0.1) is 0 Å². The van der Waals surface area contributed by atoms with E-state index in [1.807, 2.05) is 6.08 Å². The monoisotopic (exact) mass is 204 g/mol. The molecule has 0 fully saturated rings. The van der Waals surface area contributed by atoms with Gasteiger partial charge in [0.1, 0.15) is 0 Å². The van der Waals surface area contributed by atoms with Gasteiger partial charge in [-0.3, -0.25) is 0 Å². The summed E-state index contributed by atoms with van der Waals surface area (Å²) in [6, 6.07) is 0.943. The van der Waals surface area contributed by atoms with Gasteiger partial charge in [-0.25, -0.2) is 0 Å². The lowest BCUT2D eigenvalue weighted by atomic mass is 10.3. The van der Waals surface area contributed by atoms with Crippen LogP contribution < -0.4 is 0 Å². The molecule has 0 amide bonds. The van der Waals surface area contributed by atoms with Crippen LogP contribution in [0.25, 0.3) is 0 Å². The largest absolute Gasteiger partial charge is 0.376 e. The highest BCUT2D eigenvalue weighted by atomic mass is 28.2. The third kappa shape index (κ3) is 4.57. The molecule has 0 rings (SSSR count). The van der Waals surface area contributed by atoms with E-state index >= 15 is 0 Å². The number of ether oxygens (including phenoxy) is 2. The van der Waals surface area contributed by atoms with Crippen LogP contribution in [0.5, 0.6) is 0 Å². The standard InChI is InChI=1S/C9H20O3Si/c1-5-7-9(10-3,11-4)12-13-8-6-2/h6H,2,5,7-8,13H2,1,3-4H3. The topological polar surface area (TPSA) is 27.7 Å². The normalized spacial score (nSPS) is 12.5. The first-order valence-corrected chi connectivity index (χ1v) is 6.17. The zero-order valence-electron chi connectivity index (χ0n) is 8.84. The van der Waals surface area contributed by atoms with Crippen LogP contribution in [0.15, 0.2) is 12.7 Å². The maximum absolute atomic E-state index is 5.63. The van der Waals surface area contributed by atoms with Gasteiger partial charge in [0.15, 0.2) is 9.76 Å². The Morgan fingerprint density at radius 3 is 2.38 bits per heavy atom. The molecule has 0 aromatic heterocycles. The molecule has 0 saturated heterocycles. The van der Waals surface area contributed by atoms with Crippen molar-refractivity contribution < 1.29 is 13.9 Å². The summed E-state index contributed by atoms with van der Waals surface area (Å²) in [6.07, 6.45) is 3.61. The highest BCUT2D eigenvalue weighted by molar-refractivity contribution is 6.27. The molecule has 13 heavy (non-hydrogen) atoms. The molecule has 78 valence electrons. The maximum Gasteiger partial charge on any atom is 0.272 e. The molecule has 0 aliphatic carbocycles.